The quantitative estimate of drug-likeness (QED) is 0.506. The third-order valence-corrected chi connectivity index (χ3v) is 1.13. The van der Waals surface area contributed by atoms with E-state index in [9.17, 15) is 4.79 Å². The van der Waals surface area contributed by atoms with E-state index in [1.807, 2.05) is 0 Å². The van der Waals surface area contributed by atoms with Crippen LogP contribution in [0.1, 0.15) is 6.42 Å². The smallest absolute Gasteiger partial charge is 0.434 e. The van der Waals surface area contributed by atoms with Crippen molar-refractivity contribution < 1.29 is 19.4 Å². The van der Waals surface area contributed by atoms with E-state index in [2.05, 4.69) is 9.47 Å². The van der Waals surface area contributed by atoms with Crippen LogP contribution in [0.25, 0.3) is 0 Å². The number of carbonyl (C=O) groups excluding carboxylic acids is 1. The van der Waals surface area contributed by atoms with Crippen molar-refractivity contribution >= 4 is 6.16 Å². The van der Waals surface area contributed by atoms with Crippen LogP contribution in [0.2, 0.25) is 0 Å². The predicted octanol–water partition coefficient (Wildman–Crippen LogP) is -0.0958. The molecule has 0 aromatic rings. The number of rotatable bonds is 1. The molecule has 1 atom stereocenters. The van der Waals surface area contributed by atoms with E-state index in [0.29, 0.717) is 13.0 Å². The average Bonchev–Trinajstić information content (AvgIpc) is 1.88. The van der Waals surface area contributed by atoms with E-state index >= 15 is 0 Å². The highest BCUT2D eigenvalue weighted by molar-refractivity contribution is 5.60. The molecule has 9 heavy (non-hydrogen) atoms. The van der Waals surface area contributed by atoms with Gasteiger partial charge in [-0.3, -0.25) is 0 Å². The Balaban J connectivity index is 2.32. The lowest BCUT2D eigenvalue weighted by atomic mass is 10.3. The van der Waals surface area contributed by atoms with Gasteiger partial charge in [0.25, 0.3) is 0 Å². The van der Waals surface area contributed by atoms with Gasteiger partial charge >= 0.3 is 6.16 Å². The monoisotopic (exact) mass is 132 g/mol. The number of cyclic esters (lactones) is 2. The Labute approximate surface area is 52.4 Å². The van der Waals surface area contributed by atoms with E-state index < -0.39 is 6.16 Å². The summed E-state index contributed by atoms with van der Waals surface area (Å²) in [5.41, 5.74) is 0. The third kappa shape index (κ3) is 1.57. The SMILES string of the molecule is O=C1OCCC(CO)O1. The Kier molecular flexibility index (Phi) is 1.89. The minimum atomic E-state index is -0.680. The van der Waals surface area contributed by atoms with E-state index in [4.69, 9.17) is 5.11 Å². The summed E-state index contributed by atoms with van der Waals surface area (Å²) >= 11 is 0. The second-order valence-electron chi connectivity index (χ2n) is 1.81. The van der Waals surface area contributed by atoms with Crippen LogP contribution in [0, 0.1) is 0 Å². The van der Waals surface area contributed by atoms with Crippen molar-refractivity contribution in [3.63, 3.8) is 0 Å². The molecule has 1 saturated heterocycles. The standard InChI is InChI=1S/C5H8O4/c6-3-4-1-2-8-5(7)9-4/h4,6H,1-3H2. The van der Waals surface area contributed by atoms with Crippen LogP contribution in [0.4, 0.5) is 4.79 Å². The molecule has 0 aromatic heterocycles. The topological polar surface area (TPSA) is 55.8 Å². The number of aliphatic hydroxyl groups is 1. The zero-order chi connectivity index (χ0) is 6.69. The van der Waals surface area contributed by atoms with Crippen LogP contribution in [-0.2, 0) is 9.47 Å². The molecule has 1 aliphatic rings. The lowest BCUT2D eigenvalue weighted by molar-refractivity contribution is -0.0410. The molecule has 1 N–H and O–H groups in total. The van der Waals surface area contributed by atoms with Gasteiger partial charge in [-0.15, -0.1) is 0 Å². The first-order valence-corrected chi connectivity index (χ1v) is 2.77. The average molecular weight is 132 g/mol. The Hall–Kier alpha value is -0.770. The van der Waals surface area contributed by atoms with Gasteiger partial charge in [0.1, 0.15) is 6.10 Å². The van der Waals surface area contributed by atoms with Gasteiger partial charge in [0.2, 0.25) is 0 Å². The maximum Gasteiger partial charge on any atom is 0.508 e. The number of carbonyl (C=O) groups is 1. The maximum atomic E-state index is 10.3. The van der Waals surface area contributed by atoms with E-state index in [-0.39, 0.29) is 12.7 Å². The van der Waals surface area contributed by atoms with Crippen LogP contribution < -0.4 is 0 Å². The fraction of sp³-hybridized carbons (Fsp3) is 0.800. The molecule has 52 valence electrons. The van der Waals surface area contributed by atoms with Gasteiger partial charge in [0.15, 0.2) is 0 Å². The molecule has 1 rings (SSSR count). The summed E-state index contributed by atoms with van der Waals surface area (Å²) in [4.78, 5) is 10.3. The largest absolute Gasteiger partial charge is 0.508 e. The van der Waals surface area contributed by atoms with Crippen molar-refractivity contribution in [1.29, 1.82) is 0 Å². The zero-order valence-corrected chi connectivity index (χ0v) is 4.87. The molecule has 0 radical (unpaired) electrons. The first-order valence-electron chi connectivity index (χ1n) is 2.77. The van der Waals surface area contributed by atoms with Gasteiger partial charge < -0.3 is 14.6 Å². The molecule has 4 heteroatoms. The third-order valence-electron chi connectivity index (χ3n) is 1.13. The molecule has 1 unspecified atom stereocenters. The first-order chi connectivity index (χ1) is 4.33. The molecule has 0 spiro atoms. The lowest BCUT2D eigenvalue weighted by Crippen LogP contribution is -2.29. The van der Waals surface area contributed by atoms with Gasteiger partial charge in [0, 0.05) is 6.42 Å². The van der Waals surface area contributed by atoms with Gasteiger partial charge in [-0.2, -0.15) is 0 Å². The molecule has 0 amide bonds. The number of hydrogen-bond acceptors (Lipinski definition) is 4. The van der Waals surface area contributed by atoms with Crippen molar-refractivity contribution in [2.45, 2.75) is 12.5 Å². The predicted molar refractivity (Wildman–Crippen MR) is 27.9 cm³/mol. The van der Waals surface area contributed by atoms with E-state index in [1.54, 1.807) is 0 Å². The molecule has 0 bridgehead atoms. The van der Waals surface area contributed by atoms with Crippen LogP contribution in [0.5, 0.6) is 0 Å². The van der Waals surface area contributed by atoms with Gasteiger partial charge in [-0.05, 0) is 0 Å². The van der Waals surface area contributed by atoms with Crippen molar-refractivity contribution in [1.82, 2.24) is 0 Å². The second kappa shape index (κ2) is 2.68. The molecule has 4 nitrogen and oxygen atoms in total. The molecule has 1 heterocycles. The fourth-order valence-corrected chi connectivity index (χ4v) is 0.631. The maximum absolute atomic E-state index is 10.3. The fourth-order valence-electron chi connectivity index (χ4n) is 0.631. The summed E-state index contributed by atoms with van der Waals surface area (Å²) in [6, 6.07) is 0. The van der Waals surface area contributed by atoms with Crippen LogP contribution in [-0.4, -0.2) is 30.6 Å². The number of ether oxygens (including phenoxy) is 2. The summed E-state index contributed by atoms with van der Waals surface area (Å²) in [6.07, 6.45) is -0.450. The summed E-state index contributed by atoms with van der Waals surface area (Å²) in [6.45, 7) is 0.235. The van der Waals surface area contributed by atoms with Crippen LogP contribution >= 0.6 is 0 Å². The zero-order valence-electron chi connectivity index (χ0n) is 4.87. The van der Waals surface area contributed by atoms with Crippen molar-refractivity contribution in [2.24, 2.45) is 0 Å². The summed E-state index contributed by atoms with van der Waals surface area (Å²) in [7, 11) is 0. The molecular weight excluding hydrogens is 124 g/mol. The molecule has 1 fully saturated rings. The van der Waals surface area contributed by atoms with Crippen molar-refractivity contribution in [3.8, 4) is 0 Å². The minimum Gasteiger partial charge on any atom is -0.434 e. The summed E-state index contributed by atoms with van der Waals surface area (Å²) in [5, 5.41) is 8.48. The van der Waals surface area contributed by atoms with Gasteiger partial charge in [0.05, 0.1) is 13.2 Å². The van der Waals surface area contributed by atoms with Gasteiger partial charge in [-0.1, -0.05) is 0 Å². The summed E-state index contributed by atoms with van der Waals surface area (Å²) in [5.74, 6) is 0. The second-order valence-corrected chi connectivity index (χ2v) is 1.81. The van der Waals surface area contributed by atoms with Crippen molar-refractivity contribution in [2.75, 3.05) is 13.2 Å². The van der Waals surface area contributed by atoms with Crippen molar-refractivity contribution in [3.05, 3.63) is 0 Å². The Morgan fingerprint density at radius 1 is 1.78 bits per heavy atom. The van der Waals surface area contributed by atoms with Gasteiger partial charge in [-0.25, -0.2) is 4.79 Å². The number of hydrogen-bond donors (Lipinski definition) is 1. The highest BCUT2D eigenvalue weighted by atomic mass is 16.7. The molecule has 1 aliphatic heterocycles. The number of aliphatic hydroxyl groups excluding tert-OH is 1. The molecule has 0 saturated carbocycles. The first kappa shape index (κ1) is 6.35. The highest BCUT2D eigenvalue weighted by Gasteiger charge is 2.19. The van der Waals surface area contributed by atoms with E-state index in [0.717, 1.165) is 0 Å². The van der Waals surface area contributed by atoms with Crippen LogP contribution in [0.3, 0.4) is 0 Å². The molecule has 0 aliphatic carbocycles. The Bertz CT molecular complexity index is 112. The molecule has 0 aromatic carbocycles. The summed E-state index contributed by atoms with van der Waals surface area (Å²) < 4.78 is 8.96. The normalized spacial score (nSPS) is 26.8. The van der Waals surface area contributed by atoms with E-state index in [1.165, 1.54) is 0 Å². The minimum absolute atomic E-state index is 0.116. The Morgan fingerprint density at radius 2 is 2.56 bits per heavy atom. The Morgan fingerprint density at radius 3 is 3.00 bits per heavy atom. The van der Waals surface area contributed by atoms with Crippen LogP contribution in [0.15, 0.2) is 0 Å². The molecular formula is C5H8O4. The lowest BCUT2D eigenvalue weighted by Gasteiger charge is -2.19. The highest BCUT2D eigenvalue weighted by Crippen LogP contribution is 2.06.